The summed E-state index contributed by atoms with van der Waals surface area (Å²) < 4.78 is 5.40. The smallest absolute Gasteiger partial charge is 0.301 e. The number of para-hydroxylation sites is 2. The summed E-state index contributed by atoms with van der Waals surface area (Å²) in [5.74, 6) is -7.12. The van der Waals surface area contributed by atoms with Gasteiger partial charge in [-0.3, -0.25) is 39.4 Å². The fraction of sp³-hybridized carbons (Fsp3) is 0.333. The molecule has 0 unspecified atom stereocenters. The lowest BCUT2D eigenvalue weighted by Crippen LogP contribution is -2.48. The van der Waals surface area contributed by atoms with Gasteiger partial charge >= 0.3 is 11.4 Å². The second-order valence-electron chi connectivity index (χ2n) is 13.6. The lowest BCUT2D eigenvalue weighted by atomic mass is 9.51. The topological polar surface area (TPSA) is 194 Å². The Bertz CT molecular complexity index is 2060. The first-order valence-electron chi connectivity index (χ1n) is 16.2. The number of carbonyl (C=O) groups excluding carboxylic acids is 4. The van der Waals surface area contributed by atoms with E-state index in [1.165, 1.54) is 26.1 Å². The number of carbonyl (C=O) groups is 4. The molecule has 1 N–H and O–H groups in total. The van der Waals surface area contributed by atoms with Crippen LogP contribution in [0.25, 0.3) is 0 Å². The summed E-state index contributed by atoms with van der Waals surface area (Å²) in [6, 6.07) is 15.3. The number of methoxy groups -OCH3 is 1. The molecule has 2 heterocycles. The molecule has 2 saturated heterocycles. The highest BCUT2D eigenvalue weighted by Gasteiger charge is 2.68. The van der Waals surface area contributed by atoms with E-state index in [2.05, 4.69) is 0 Å². The number of phenolic OH excluding ortho intramolecular Hbond substituents is 1. The molecule has 3 aromatic rings. The maximum atomic E-state index is 14.5. The molecule has 0 bridgehead atoms. The number of phenols is 1. The van der Waals surface area contributed by atoms with Crippen LogP contribution in [0, 0.1) is 49.3 Å². The average Bonchev–Trinajstić information content (AvgIpc) is 3.47. The number of imide groups is 2. The summed E-state index contributed by atoms with van der Waals surface area (Å²) in [4.78, 5) is 83.2. The zero-order valence-electron chi connectivity index (χ0n) is 28.0. The number of allylic oxidation sites excluding steroid dienone is 2. The number of fused-ring (bicyclic) bond motifs is 4. The van der Waals surface area contributed by atoms with E-state index in [4.69, 9.17) is 4.74 Å². The molecule has 1 saturated carbocycles. The Kier molecular flexibility index (Phi) is 7.69. The minimum atomic E-state index is -1.42. The molecule has 4 amide bonds. The SMILES string of the molecule is COc1cccc([C@H]2C3=CC[C@@H]4C(=O)N(c5cc([N+](=O)[O-])c(N(C)C)c([N+](=O)[O-])c5)C(=O)[C@@H]4[C@@H]3C[C@H]3C(=O)N(c4ccccc4)C(=O)[C@@]23C)c1O. The number of hydrogen-bond donors (Lipinski definition) is 1. The van der Waals surface area contributed by atoms with Crippen LogP contribution >= 0.6 is 0 Å². The maximum Gasteiger partial charge on any atom is 0.301 e. The first-order chi connectivity index (χ1) is 24.2. The highest BCUT2D eigenvalue weighted by molar-refractivity contribution is 6.25. The summed E-state index contributed by atoms with van der Waals surface area (Å²) in [6.45, 7) is 1.69. The van der Waals surface area contributed by atoms with Crippen LogP contribution in [-0.2, 0) is 19.2 Å². The Morgan fingerprint density at radius 2 is 1.51 bits per heavy atom. The lowest BCUT2D eigenvalue weighted by Gasteiger charge is -2.49. The summed E-state index contributed by atoms with van der Waals surface area (Å²) in [5.41, 5.74) is -2.06. The Morgan fingerprint density at radius 3 is 2.10 bits per heavy atom. The van der Waals surface area contributed by atoms with Gasteiger partial charge in [-0.15, -0.1) is 0 Å². The van der Waals surface area contributed by atoms with Crippen molar-refractivity contribution >= 4 is 52.1 Å². The number of hydrogen-bond acceptors (Lipinski definition) is 11. The molecule has 15 heteroatoms. The van der Waals surface area contributed by atoms with Gasteiger partial charge in [-0.1, -0.05) is 42.0 Å². The molecule has 262 valence electrons. The van der Waals surface area contributed by atoms with Crippen molar-refractivity contribution in [3.63, 3.8) is 0 Å². The van der Waals surface area contributed by atoms with Gasteiger partial charge in [0.1, 0.15) is 0 Å². The van der Waals surface area contributed by atoms with E-state index in [9.17, 15) is 44.5 Å². The third-order valence-corrected chi connectivity index (χ3v) is 11.0. The number of anilines is 3. The number of rotatable bonds is 7. The highest BCUT2D eigenvalue weighted by Crippen LogP contribution is 2.65. The van der Waals surface area contributed by atoms with Gasteiger partial charge in [0.05, 0.1) is 51.5 Å². The predicted molar refractivity (Wildman–Crippen MR) is 182 cm³/mol. The molecular weight excluding hydrogens is 662 g/mol. The number of amides is 4. The number of benzene rings is 3. The third kappa shape index (κ3) is 4.63. The number of nitro benzene ring substituents is 2. The largest absolute Gasteiger partial charge is 0.504 e. The molecule has 15 nitrogen and oxygen atoms in total. The summed E-state index contributed by atoms with van der Waals surface area (Å²) in [7, 11) is 4.20. The molecule has 3 fully saturated rings. The Balaban J connectivity index is 1.38. The molecule has 51 heavy (non-hydrogen) atoms. The van der Waals surface area contributed by atoms with Crippen molar-refractivity contribution in [1.29, 1.82) is 0 Å². The molecule has 2 aliphatic carbocycles. The predicted octanol–water partition coefficient (Wildman–Crippen LogP) is 4.72. The van der Waals surface area contributed by atoms with Gasteiger partial charge in [-0.05, 0) is 43.9 Å². The molecule has 3 aromatic carbocycles. The van der Waals surface area contributed by atoms with Crippen molar-refractivity contribution in [2.24, 2.45) is 29.1 Å². The number of nitro groups is 2. The summed E-state index contributed by atoms with van der Waals surface area (Å²) in [6.07, 6.45) is 1.85. The molecular formula is C36H33N5O10. The van der Waals surface area contributed by atoms with Crippen LogP contribution < -0.4 is 19.4 Å². The highest BCUT2D eigenvalue weighted by atomic mass is 16.6. The van der Waals surface area contributed by atoms with Crippen LogP contribution in [0.5, 0.6) is 11.5 Å². The van der Waals surface area contributed by atoms with Crippen LogP contribution in [-0.4, -0.2) is 59.8 Å². The van der Waals surface area contributed by atoms with Gasteiger partial charge in [0, 0.05) is 37.7 Å². The first-order valence-corrected chi connectivity index (χ1v) is 16.2. The molecule has 2 aliphatic heterocycles. The second-order valence-corrected chi connectivity index (χ2v) is 13.6. The van der Waals surface area contributed by atoms with Crippen LogP contribution in [0.15, 0.2) is 72.3 Å². The fourth-order valence-corrected chi connectivity index (χ4v) is 8.83. The van der Waals surface area contributed by atoms with Gasteiger partial charge in [0.25, 0.3) is 0 Å². The van der Waals surface area contributed by atoms with Crippen LogP contribution in [0.1, 0.15) is 31.2 Å². The van der Waals surface area contributed by atoms with E-state index < -0.39 is 79.9 Å². The van der Waals surface area contributed by atoms with Gasteiger partial charge in [-0.25, -0.2) is 9.80 Å². The minimum Gasteiger partial charge on any atom is -0.504 e. The number of nitrogens with zero attached hydrogens (tertiary/aromatic N) is 5. The van der Waals surface area contributed by atoms with Gasteiger partial charge in [0.15, 0.2) is 17.2 Å². The zero-order valence-corrected chi connectivity index (χ0v) is 28.0. The third-order valence-electron chi connectivity index (χ3n) is 11.0. The number of aromatic hydroxyl groups is 1. The van der Waals surface area contributed by atoms with Gasteiger partial charge < -0.3 is 14.7 Å². The second kappa shape index (κ2) is 11.7. The van der Waals surface area contributed by atoms with E-state index in [1.807, 2.05) is 0 Å². The molecule has 0 aromatic heterocycles. The monoisotopic (exact) mass is 695 g/mol. The summed E-state index contributed by atoms with van der Waals surface area (Å²) in [5, 5.41) is 35.7. The van der Waals surface area contributed by atoms with E-state index in [1.54, 1.807) is 61.5 Å². The van der Waals surface area contributed by atoms with Crippen LogP contribution in [0.4, 0.5) is 28.4 Å². The van der Waals surface area contributed by atoms with Crippen LogP contribution in [0.2, 0.25) is 0 Å². The fourth-order valence-electron chi connectivity index (χ4n) is 8.83. The standard InChI is InChI=1S/C36H33N5O10/c1-36-24(33(44)39(35(36)46)18-9-6-5-7-10-18)17-23-20(29(36)22-11-8-12-27(51-4)31(22)42)13-14-21-28(23)34(45)38(32(21)43)19-15-25(40(47)48)30(37(2)3)26(16-19)41(49)50/h5-13,15-16,21,23-24,28-29,42H,14,17H2,1-4H3/t21-,23+,24-,28-,29+,36+/m0/s1. The van der Waals surface area contributed by atoms with E-state index in [0.29, 0.717) is 16.8 Å². The van der Waals surface area contributed by atoms with Crippen LogP contribution in [0.3, 0.4) is 0 Å². The van der Waals surface area contributed by atoms with E-state index in [-0.39, 0.29) is 35.7 Å². The number of ether oxygens (including phenoxy) is 1. The van der Waals surface area contributed by atoms with Crippen molar-refractivity contribution in [3.8, 4) is 11.5 Å². The van der Waals surface area contributed by atoms with Crippen molar-refractivity contribution in [3.05, 3.63) is 98.1 Å². The molecule has 7 rings (SSSR count). The molecule has 4 aliphatic rings. The maximum absolute atomic E-state index is 14.5. The van der Waals surface area contributed by atoms with Gasteiger partial charge in [0.2, 0.25) is 23.6 Å². The average molecular weight is 696 g/mol. The molecule has 0 radical (unpaired) electrons. The van der Waals surface area contributed by atoms with E-state index in [0.717, 1.165) is 21.9 Å². The minimum absolute atomic E-state index is 0.0192. The van der Waals surface area contributed by atoms with E-state index >= 15 is 0 Å². The van der Waals surface area contributed by atoms with Crippen molar-refractivity contribution in [1.82, 2.24) is 0 Å². The van der Waals surface area contributed by atoms with Crippen molar-refractivity contribution in [2.45, 2.75) is 25.7 Å². The Hall–Kier alpha value is -6.12. The van der Waals surface area contributed by atoms with Gasteiger partial charge in [-0.2, -0.15) is 0 Å². The van der Waals surface area contributed by atoms with Crippen molar-refractivity contribution < 1.29 is 38.9 Å². The first kappa shape index (κ1) is 33.4. The Morgan fingerprint density at radius 1 is 0.863 bits per heavy atom. The zero-order chi connectivity index (χ0) is 36.7. The molecule has 6 atom stereocenters. The quantitative estimate of drug-likeness (QED) is 0.156. The normalized spacial score (nSPS) is 26.7. The molecule has 0 spiro atoms. The summed E-state index contributed by atoms with van der Waals surface area (Å²) >= 11 is 0. The Labute approximate surface area is 291 Å². The van der Waals surface area contributed by atoms with Crippen molar-refractivity contribution in [2.75, 3.05) is 35.9 Å². The lowest BCUT2D eigenvalue weighted by molar-refractivity contribution is -0.392.